The van der Waals surface area contributed by atoms with Crippen LogP contribution in [0.25, 0.3) is 0 Å². The van der Waals surface area contributed by atoms with E-state index >= 15 is 0 Å². The molecular weight excluding hydrogens is 300 g/mol. The summed E-state index contributed by atoms with van der Waals surface area (Å²) in [6.07, 6.45) is 3.99. The van der Waals surface area contributed by atoms with E-state index in [1.54, 1.807) is 18.4 Å². The van der Waals surface area contributed by atoms with E-state index in [0.29, 0.717) is 12.5 Å². The lowest BCUT2D eigenvalue weighted by Crippen LogP contribution is -2.37. The largest absolute Gasteiger partial charge is 0.381 e. The van der Waals surface area contributed by atoms with Gasteiger partial charge >= 0.3 is 0 Å². The highest BCUT2D eigenvalue weighted by Crippen LogP contribution is 2.12. The fourth-order valence-corrected chi connectivity index (χ4v) is 2.94. The van der Waals surface area contributed by atoms with Gasteiger partial charge in [0.1, 0.15) is 5.01 Å². The van der Waals surface area contributed by atoms with Crippen LogP contribution in [-0.4, -0.2) is 51.0 Å². The van der Waals surface area contributed by atoms with Crippen molar-refractivity contribution in [2.75, 3.05) is 40.0 Å². The van der Waals surface area contributed by atoms with Gasteiger partial charge < -0.3 is 20.1 Å². The van der Waals surface area contributed by atoms with Crippen LogP contribution in [0.5, 0.6) is 0 Å². The van der Waals surface area contributed by atoms with Crippen LogP contribution in [0.15, 0.2) is 11.2 Å². The highest BCUT2D eigenvalue weighted by Gasteiger charge is 2.15. The summed E-state index contributed by atoms with van der Waals surface area (Å²) in [5.41, 5.74) is 0. The fraction of sp³-hybridized carbons (Fsp3) is 0.733. The molecule has 0 aromatic carbocycles. The molecule has 2 rings (SSSR count). The summed E-state index contributed by atoms with van der Waals surface area (Å²) >= 11 is 1.70. The molecule has 0 amide bonds. The van der Waals surface area contributed by atoms with Crippen molar-refractivity contribution in [2.24, 2.45) is 10.9 Å². The number of rotatable bonds is 8. The molecule has 1 aliphatic rings. The van der Waals surface area contributed by atoms with Crippen LogP contribution < -0.4 is 10.6 Å². The zero-order valence-electron chi connectivity index (χ0n) is 13.4. The molecule has 0 spiro atoms. The number of aromatic nitrogens is 1. The summed E-state index contributed by atoms with van der Waals surface area (Å²) in [6.45, 7) is 6.93. The van der Waals surface area contributed by atoms with Crippen LogP contribution in [-0.2, 0) is 16.0 Å². The van der Waals surface area contributed by atoms with E-state index in [0.717, 1.165) is 56.8 Å². The van der Waals surface area contributed by atoms with Crippen molar-refractivity contribution >= 4 is 17.3 Å². The smallest absolute Gasteiger partial charge is 0.191 e. The molecule has 1 aromatic heterocycles. The number of hydrogen-bond donors (Lipinski definition) is 2. The molecule has 2 heterocycles. The molecule has 1 aromatic rings. The van der Waals surface area contributed by atoms with E-state index in [2.05, 4.69) is 27.5 Å². The topological polar surface area (TPSA) is 67.8 Å². The number of hydrogen-bond acceptors (Lipinski definition) is 5. The standard InChI is InChI=1S/C15H26N4O2S/c1-12-8-18-14(22-12)9-19-15(16-2)17-5-3-6-20-10-13-4-7-21-11-13/h8,13H,3-7,9-11H2,1-2H3,(H2,16,17,19). The molecule has 124 valence electrons. The molecule has 22 heavy (non-hydrogen) atoms. The Balaban J connectivity index is 1.50. The first-order chi connectivity index (χ1) is 10.8. The molecule has 0 saturated carbocycles. The van der Waals surface area contributed by atoms with E-state index in [9.17, 15) is 0 Å². The van der Waals surface area contributed by atoms with Gasteiger partial charge in [0.15, 0.2) is 5.96 Å². The van der Waals surface area contributed by atoms with Crippen LogP contribution in [0, 0.1) is 12.8 Å². The molecule has 1 fully saturated rings. The maximum atomic E-state index is 5.68. The van der Waals surface area contributed by atoms with Crippen LogP contribution in [0.2, 0.25) is 0 Å². The van der Waals surface area contributed by atoms with Crippen LogP contribution in [0.1, 0.15) is 22.7 Å². The number of thiazole rings is 1. The Labute approximate surface area is 136 Å². The Hall–Kier alpha value is -1.18. The Kier molecular flexibility index (Phi) is 7.62. The fourth-order valence-electron chi connectivity index (χ4n) is 2.21. The number of aliphatic imine (C=N–C) groups is 1. The van der Waals surface area contributed by atoms with Gasteiger partial charge in [0.25, 0.3) is 0 Å². The number of nitrogens with zero attached hydrogens (tertiary/aromatic N) is 2. The van der Waals surface area contributed by atoms with Crippen molar-refractivity contribution in [2.45, 2.75) is 26.3 Å². The summed E-state index contributed by atoms with van der Waals surface area (Å²) in [5.74, 6) is 1.39. The van der Waals surface area contributed by atoms with Gasteiger partial charge in [-0.3, -0.25) is 4.99 Å². The molecule has 1 atom stereocenters. The molecule has 1 unspecified atom stereocenters. The lowest BCUT2D eigenvalue weighted by Gasteiger charge is -2.12. The van der Waals surface area contributed by atoms with Crippen molar-refractivity contribution in [1.82, 2.24) is 15.6 Å². The molecular formula is C15H26N4O2S. The quantitative estimate of drug-likeness (QED) is 0.431. The van der Waals surface area contributed by atoms with E-state index in [1.165, 1.54) is 4.88 Å². The van der Waals surface area contributed by atoms with E-state index in [1.807, 2.05) is 6.20 Å². The maximum absolute atomic E-state index is 5.68. The van der Waals surface area contributed by atoms with Gasteiger partial charge in [-0.15, -0.1) is 11.3 Å². The molecule has 1 saturated heterocycles. The molecule has 0 aliphatic carbocycles. The molecule has 0 bridgehead atoms. The lowest BCUT2D eigenvalue weighted by molar-refractivity contribution is 0.0888. The lowest BCUT2D eigenvalue weighted by atomic mass is 10.1. The van der Waals surface area contributed by atoms with Gasteiger partial charge in [0.2, 0.25) is 0 Å². The van der Waals surface area contributed by atoms with Crippen molar-refractivity contribution in [3.8, 4) is 0 Å². The summed E-state index contributed by atoms with van der Waals surface area (Å²) in [6, 6.07) is 0. The van der Waals surface area contributed by atoms with Crippen molar-refractivity contribution in [3.05, 3.63) is 16.1 Å². The second-order valence-corrected chi connectivity index (χ2v) is 6.69. The molecule has 7 heteroatoms. The normalized spacial score (nSPS) is 18.6. The van der Waals surface area contributed by atoms with Crippen LogP contribution in [0.4, 0.5) is 0 Å². The van der Waals surface area contributed by atoms with E-state index in [-0.39, 0.29) is 0 Å². The average Bonchev–Trinajstić information content (AvgIpc) is 3.17. The summed E-state index contributed by atoms with van der Waals surface area (Å²) in [4.78, 5) is 9.75. The highest BCUT2D eigenvalue weighted by molar-refractivity contribution is 7.11. The molecule has 6 nitrogen and oxygen atoms in total. The Morgan fingerprint density at radius 2 is 2.45 bits per heavy atom. The monoisotopic (exact) mass is 326 g/mol. The van der Waals surface area contributed by atoms with E-state index in [4.69, 9.17) is 9.47 Å². The predicted octanol–water partition coefficient (Wildman–Crippen LogP) is 1.56. The van der Waals surface area contributed by atoms with Crippen molar-refractivity contribution < 1.29 is 9.47 Å². The minimum atomic E-state index is 0.587. The number of nitrogens with one attached hydrogen (secondary N) is 2. The van der Waals surface area contributed by atoms with Crippen LogP contribution >= 0.6 is 11.3 Å². The second-order valence-electron chi connectivity index (χ2n) is 5.38. The van der Waals surface area contributed by atoms with Crippen molar-refractivity contribution in [1.29, 1.82) is 0 Å². The minimum Gasteiger partial charge on any atom is -0.381 e. The molecule has 0 radical (unpaired) electrons. The number of aryl methyl sites for hydroxylation is 1. The summed E-state index contributed by atoms with van der Waals surface area (Å²) in [7, 11) is 1.78. The number of ether oxygens (including phenoxy) is 2. The van der Waals surface area contributed by atoms with Gasteiger partial charge in [-0.05, 0) is 19.8 Å². The van der Waals surface area contributed by atoms with Gasteiger partial charge in [-0.1, -0.05) is 0 Å². The zero-order chi connectivity index (χ0) is 15.6. The minimum absolute atomic E-state index is 0.587. The molecule has 1 aliphatic heterocycles. The second kappa shape index (κ2) is 9.76. The summed E-state index contributed by atoms with van der Waals surface area (Å²) in [5, 5.41) is 7.62. The number of guanidine groups is 1. The van der Waals surface area contributed by atoms with Crippen LogP contribution in [0.3, 0.4) is 0 Å². The molecule has 2 N–H and O–H groups in total. The Morgan fingerprint density at radius 1 is 1.55 bits per heavy atom. The third kappa shape index (κ3) is 6.29. The Bertz CT molecular complexity index is 458. The van der Waals surface area contributed by atoms with Crippen molar-refractivity contribution in [3.63, 3.8) is 0 Å². The van der Waals surface area contributed by atoms with E-state index < -0.39 is 0 Å². The maximum Gasteiger partial charge on any atom is 0.191 e. The first kappa shape index (κ1) is 17.2. The first-order valence-electron chi connectivity index (χ1n) is 7.79. The van der Waals surface area contributed by atoms with Gasteiger partial charge in [-0.2, -0.15) is 0 Å². The summed E-state index contributed by atoms with van der Waals surface area (Å²) < 4.78 is 11.0. The average molecular weight is 326 g/mol. The zero-order valence-corrected chi connectivity index (χ0v) is 14.2. The van der Waals surface area contributed by atoms with Gasteiger partial charge in [0, 0.05) is 43.8 Å². The SMILES string of the molecule is CN=C(NCCCOCC1CCOC1)NCc1ncc(C)s1. The Morgan fingerprint density at radius 3 is 3.14 bits per heavy atom. The highest BCUT2D eigenvalue weighted by atomic mass is 32.1. The van der Waals surface area contributed by atoms with Gasteiger partial charge in [-0.25, -0.2) is 4.98 Å². The predicted molar refractivity (Wildman–Crippen MR) is 89.4 cm³/mol. The van der Waals surface area contributed by atoms with Gasteiger partial charge in [0.05, 0.1) is 19.8 Å². The third-order valence-electron chi connectivity index (χ3n) is 3.44. The first-order valence-corrected chi connectivity index (χ1v) is 8.61. The third-order valence-corrected chi connectivity index (χ3v) is 4.35.